The predicted molar refractivity (Wildman–Crippen MR) is 139 cm³/mol. The van der Waals surface area contributed by atoms with Gasteiger partial charge in [0, 0.05) is 19.0 Å². The van der Waals surface area contributed by atoms with Gasteiger partial charge in [-0.1, -0.05) is 6.07 Å². The van der Waals surface area contributed by atoms with Crippen LogP contribution in [0.1, 0.15) is 72.1 Å². The number of aryl methyl sites for hydroxylation is 1. The monoisotopic (exact) mass is 527 g/mol. The Morgan fingerprint density at radius 2 is 2.05 bits per heavy atom. The summed E-state index contributed by atoms with van der Waals surface area (Å²) in [7, 11) is 0. The van der Waals surface area contributed by atoms with Gasteiger partial charge in [-0.3, -0.25) is 9.59 Å². The van der Waals surface area contributed by atoms with Crippen LogP contribution in [0.15, 0.2) is 24.3 Å². The molecule has 10 nitrogen and oxygen atoms in total. The molecule has 1 fully saturated rings. The summed E-state index contributed by atoms with van der Waals surface area (Å²) < 4.78 is 18.9. The van der Waals surface area contributed by atoms with Crippen molar-refractivity contribution in [3.63, 3.8) is 0 Å². The van der Waals surface area contributed by atoms with Gasteiger partial charge >= 0.3 is 0 Å². The first-order chi connectivity index (χ1) is 17.4. The van der Waals surface area contributed by atoms with Crippen molar-refractivity contribution in [2.75, 3.05) is 16.8 Å². The third kappa shape index (κ3) is 5.91. The maximum absolute atomic E-state index is 14.7. The standard InChI is InChI=1S/C25H30FN7O3S/c1-13-10-20(37-32-13)28-23-21(22(27)35)30-31-24(29-23)33-9-5-6-15(14(33)2)11-19(34)17-8-7-16(12-18(17)26)25(3,4)36/h7-8,10,12,14-15,36H,5-6,9,11H2,1-4H3,(H2,27,35)(H,28,29,31)/t14-,15+/m1/s1. The minimum absolute atomic E-state index is 0.00684. The highest BCUT2D eigenvalue weighted by atomic mass is 32.1. The third-order valence-electron chi connectivity index (χ3n) is 6.61. The highest BCUT2D eigenvalue weighted by Gasteiger charge is 2.33. The number of aliphatic hydroxyl groups is 1. The number of Topliss-reactive ketones (excluding diaryl/α,β-unsaturated/α-hetero) is 1. The number of primary amides is 1. The Bertz CT molecular complexity index is 1320. The van der Waals surface area contributed by atoms with Gasteiger partial charge in [0.1, 0.15) is 10.8 Å². The summed E-state index contributed by atoms with van der Waals surface area (Å²) in [5.74, 6) is -1.30. The van der Waals surface area contributed by atoms with E-state index in [-0.39, 0.29) is 41.2 Å². The van der Waals surface area contributed by atoms with Gasteiger partial charge in [-0.25, -0.2) is 4.39 Å². The Kier molecular flexibility index (Phi) is 7.51. The molecule has 2 aromatic heterocycles. The second-order valence-corrected chi connectivity index (χ2v) is 10.7. The molecule has 0 radical (unpaired) electrons. The van der Waals surface area contributed by atoms with Crippen LogP contribution in [0.25, 0.3) is 0 Å². The van der Waals surface area contributed by atoms with Crippen molar-refractivity contribution in [2.24, 2.45) is 11.7 Å². The number of hydrogen-bond donors (Lipinski definition) is 3. The number of aromatic nitrogens is 4. The second kappa shape index (κ2) is 10.5. The first-order valence-electron chi connectivity index (χ1n) is 12.0. The number of anilines is 3. The summed E-state index contributed by atoms with van der Waals surface area (Å²) >= 11 is 1.22. The maximum Gasteiger partial charge on any atom is 0.273 e. The molecule has 0 bridgehead atoms. The van der Waals surface area contributed by atoms with Gasteiger partial charge in [-0.15, -0.1) is 10.2 Å². The normalized spacial score (nSPS) is 18.1. The number of nitrogens with two attached hydrogens (primary N) is 1. The van der Waals surface area contributed by atoms with Gasteiger partial charge < -0.3 is 21.1 Å². The van der Waals surface area contributed by atoms with Crippen LogP contribution in [-0.2, 0) is 5.60 Å². The van der Waals surface area contributed by atoms with Crippen LogP contribution < -0.4 is 16.0 Å². The van der Waals surface area contributed by atoms with Crippen molar-refractivity contribution < 1.29 is 19.1 Å². The molecule has 1 aliphatic rings. The van der Waals surface area contributed by atoms with E-state index in [2.05, 4.69) is 24.9 Å². The quantitative estimate of drug-likeness (QED) is 0.373. The first kappa shape index (κ1) is 26.6. The van der Waals surface area contributed by atoms with E-state index in [9.17, 15) is 19.1 Å². The van der Waals surface area contributed by atoms with E-state index < -0.39 is 17.3 Å². The van der Waals surface area contributed by atoms with Crippen molar-refractivity contribution in [2.45, 2.75) is 58.6 Å². The van der Waals surface area contributed by atoms with E-state index in [1.807, 2.05) is 24.8 Å². The van der Waals surface area contributed by atoms with Gasteiger partial charge in [-0.05, 0) is 81.7 Å². The van der Waals surface area contributed by atoms with Crippen molar-refractivity contribution in [3.8, 4) is 0 Å². The molecule has 0 aliphatic carbocycles. The van der Waals surface area contributed by atoms with E-state index in [4.69, 9.17) is 5.73 Å². The van der Waals surface area contributed by atoms with Crippen molar-refractivity contribution in [1.29, 1.82) is 0 Å². The van der Waals surface area contributed by atoms with Crippen molar-refractivity contribution in [3.05, 3.63) is 52.6 Å². The van der Waals surface area contributed by atoms with E-state index in [0.717, 1.165) is 18.5 Å². The molecule has 196 valence electrons. The number of piperidine rings is 1. The molecule has 37 heavy (non-hydrogen) atoms. The molecule has 4 N–H and O–H groups in total. The lowest BCUT2D eigenvalue weighted by Crippen LogP contribution is -2.45. The van der Waals surface area contributed by atoms with E-state index in [0.29, 0.717) is 23.1 Å². The molecule has 3 aromatic rings. The zero-order valence-corrected chi connectivity index (χ0v) is 22.0. The summed E-state index contributed by atoms with van der Waals surface area (Å²) in [5.41, 5.74) is 5.42. The number of rotatable bonds is 8. The zero-order valence-electron chi connectivity index (χ0n) is 21.2. The van der Waals surface area contributed by atoms with Crippen molar-refractivity contribution >= 4 is 40.0 Å². The fraction of sp³-hybridized carbons (Fsp3) is 0.440. The van der Waals surface area contributed by atoms with Crippen molar-refractivity contribution in [1.82, 2.24) is 19.6 Å². The number of carbonyl (C=O) groups excluding carboxylic acids is 2. The first-order valence-corrected chi connectivity index (χ1v) is 12.8. The SMILES string of the molecule is Cc1cc(Nc2nc(N3CCC[C@@H](CC(=O)c4ccc(C(C)(C)O)cc4F)[C@H]3C)nnc2C(N)=O)sn1. The zero-order chi connectivity index (χ0) is 26.9. The Morgan fingerprint density at radius 1 is 1.30 bits per heavy atom. The lowest BCUT2D eigenvalue weighted by atomic mass is 9.84. The number of ketones is 1. The number of amides is 1. The molecule has 0 unspecified atom stereocenters. The number of halogens is 1. The lowest BCUT2D eigenvalue weighted by molar-refractivity contribution is 0.0779. The predicted octanol–water partition coefficient (Wildman–Crippen LogP) is 3.72. The van der Waals surface area contributed by atoms with E-state index >= 15 is 0 Å². The Balaban J connectivity index is 1.54. The molecular formula is C25H30FN7O3S. The van der Waals surface area contributed by atoms with Crippen LogP contribution in [0.2, 0.25) is 0 Å². The molecule has 1 amide bonds. The molecular weight excluding hydrogens is 497 g/mol. The molecule has 12 heteroatoms. The largest absolute Gasteiger partial charge is 0.386 e. The van der Waals surface area contributed by atoms with Gasteiger partial charge in [0.15, 0.2) is 17.3 Å². The molecule has 0 saturated carbocycles. The van der Waals surface area contributed by atoms with Gasteiger partial charge in [-0.2, -0.15) is 9.36 Å². The number of carbonyl (C=O) groups is 2. The summed E-state index contributed by atoms with van der Waals surface area (Å²) in [6.07, 6.45) is 1.71. The lowest BCUT2D eigenvalue weighted by Gasteiger charge is -2.39. The van der Waals surface area contributed by atoms with Gasteiger partial charge in [0.05, 0.1) is 16.9 Å². The highest BCUT2D eigenvalue weighted by Crippen LogP contribution is 2.32. The van der Waals surface area contributed by atoms with Crippen LogP contribution in [0.3, 0.4) is 0 Å². The summed E-state index contributed by atoms with van der Waals surface area (Å²) in [4.78, 5) is 31.4. The van der Waals surface area contributed by atoms with Gasteiger partial charge in [0.2, 0.25) is 5.95 Å². The van der Waals surface area contributed by atoms with Crippen LogP contribution in [0.4, 0.5) is 21.2 Å². The average Bonchev–Trinajstić information content (AvgIpc) is 3.23. The molecule has 1 aliphatic heterocycles. The molecule has 2 atom stereocenters. The maximum atomic E-state index is 14.7. The van der Waals surface area contributed by atoms with Crippen LogP contribution in [-0.4, -0.2) is 48.9 Å². The Hall–Kier alpha value is -3.51. The molecule has 0 spiro atoms. The third-order valence-corrected chi connectivity index (χ3v) is 7.40. The van der Waals surface area contributed by atoms with E-state index in [1.54, 1.807) is 19.9 Å². The molecule has 4 rings (SSSR count). The minimum atomic E-state index is -1.20. The summed E-state index contributed by atoms with van der Waals surface area (Å²) in [6, 6.07) is 5.89. The molecule has 3 heterocycles. The Morgan fingerprint density at radius 3 is 2.68 bits per heavy atom. The van der Waals surface area contributed by atoms with E-state index in [1.165, 1.54) is 23.7 Å². The van der Waals surface area contributed by atoms with Crippen LogP contribution >= 0.6 is 11.5 Å². The highest BCUT2D eigenvalue weighted by molar-refractivity contribution is 7.10. The summed E-state index contributed by atoms with van der Waals surface area (Å²) in [5, 5.41) is 22.0. The average molecular weight is 528 g/mol. The fourth-order valence-electron chi connectivity index (χ4n) is 4.48. The summed E-state index contributed by atoms with van der Waals surface area (Å²) in [6.45, 7) is 7.58. The number of nitrogens with zero attached hydrogens (tertiary/aromatic N) is 5. The van der Waals surface area contributed by atoms with Crippen LogP contribution in [0, 0.1) is 18.7 Å². The topological polar surface area (TPSA) is 147 Å². The molecule has 1 aromatic carbocycles. The molecule has 1 saturated heterocycles. The van der Waals surface area contributed by atoms with Gasteiger partial charge in [0.25, 0.3) is 5.91 Å². The Labute approximate surface area is 218 Å². The van der Waals surface area contributed by atoms with Crippen LogP contribution in [0.5, 0.6) is 0 Å². The minimum Gasteiger partial charge on any atom is -0.386 e. The second-order valence-electron chi connectivity index (χ2n) is 9.85. The fourth-order valence-corrected chi connectivity index (χ4v) is 5.14. The number of nitrogens with one attached hydrogen (secondary N) is 1. The smallest absolute Gasteiger partial charge is 0.273 e. The number of benzene rings is 1. The number of hydrogen-bond acceptors (Lipinski definition) is 10.